The van der Waals surface area contributed by atoms with E-state index in [1.807, 2.05) is 13.8 Å². The van der Waals surface area contributed by atoms with Gasteiger partial charge in [0.2, 0.25) is 0 Å². The normalized spacial score (nSPS) is 17.1. The SMILES string of the molecule is CC[C@H](NCC(C)(C)CN[C@@H](C)/C(C)=N/O)/C(C)=N/O. The zero-order valence-corrected chi connectivity index (χ0v) is 13.6. The zero-order valence-electron chi connectivity index (χ0n) is 13.6. The molecule has 4 N–H and O–H groups in total. The fourth-order valence-electron chi connectivity index (χ4n) is 1.78. The van der Waals surface area contributed by atoms with Gasteiger partial charge in [-0.05, 0) is 32.6 Å². The van der Waals surface area contributed by atoms with Gasteiger partial charge < -0.3 is 21.0 Å². The van der Waals surface area contributed by atoms with E-state index in [0.717, 1.165) is 19.5 Å². The number of nitrogens with one attached hydrogen (secondary N) is 2. The van der Waals surface area contributed by atoms with Gasteiger partial charge in [-0.25, -0.2) is 0 Å². The first-order valence-electron chi connectivity index (χ1n) is 7.11. The summed E-state index contributed by atoms with van der Waals surface area (Å²) in [5, 5.41) is 30.8. The molecule has 0 radical (unpaired) electrons. The summed E-state index contributed by atoms with van der Waals surface area (Å²) in [5.74, 6) is 0. The van der Waals surface area contributed by atoms with Gasteiger partial charge in [0.25, 0.3) is 0 Å². The summed E-state index contributed by atoms with van der Waals surface area (Å²) in [7, 11) is 0. The van der Waals surface area contributed by atoms with Crippen molar-refractivity contribution in [3.8, 4) is 0 Å². The fraction of sp³-hybridized carbons (Fsp3) is 0.857. The molecular weight excluding hydrogens is 256 g/mol. The first-order valence-corrected chi connectivity index (χ1v) is 7.11. The van der Waals surface area contributed by atoms with Crippen molar-refractivity contribution < 1.29 is 10.4 Å². The molecule has 0 aromatic heterocycles. The fourth-order valence-corrected chi connectivity index (χ4v) is 1.78. The molecule has 0 amide bonds. The molecule has 20 heavy (non-hydrogen) atoms. The molecule has 0 aliphatic carbocycles. The molecule has 0 aliphatic rings. The van der Waals surface area contributed by atoms with Gasteiger partial charge in [0.15, 0.2) is 0 Å². The second-order valence-electron chi connectivity index (χ2n) is 6.09. The maximum Gasteiger partial charge on any atom is 0.0708 e. The van der Waals surface area contributed by atoms with Crippen LogP contribution in [-0.4, -0.2) is 47.0 Å². The minimum absolute atomic E-state index is 0.0349. The number of hydrogen-bond acceptors (Lipinski definition) is 6. The summed E-state index contributed by atoms with van der Waals surface area (Å²) in [4.78, 5) is 0. The highest BCUT2D eigenvalue weighted by molar-refractivity contribution is 5.86. The standard InChI is InChI=1S/C14H30N4O2/c1-7-13(12(4)18-20)16-9-14(5,6)8-15-10(2)11(3)17-19/h10,13,15-16,19-20H,7-9H2,1-6H3/b17-11+,18-12+/t10-,13-/m0/s1. The number of hydrogen-bond donors (Lipinski definition) is 4. The molecule has 2 atom stereocenters. The van der Waals surface area contributed by atoms with Crippen LogP contribution in [0, 0.1) is 5.41 Å². The molecule has 6 nitrogen and oxygen atoms in total. The minimum atomic E-state index is 0.0349. The van der Waals surface area contributed by atoms with Crippen LogP contribution in [0.2, 0.25) is 0 Å². The Labute approximate surface area is 122 Å². The van der Waals surface area contributed by atoms with Crippen molar-refractivity contribution in [2.75, 3.05) is 13.1 Å². The molecule has 0 rings (SSSR count). The van der Waals surface area contributed by atoms with Crippen molar-refractivity contribution in [3.05, 3.63) is 0 Å². The molecule has 0 saturated heterocycles. The smallest absolute Gasteiger partial charge is 0.0708 e. The van der Waals surface area contributed by atoms with E-state index in [0.29, 0.717) is 11.4 Å². The lowest BCUT2D eigenvalue weighted by molar-refractivity contribution is 0.295. The Morgan fingerprint density at radius 1 is 1.05 bits per heavy atom. The Balaban J connectivity index is 4.31. The second-order valence-corrected chi connectivity index (χ2v) is 6.09. The van der Waals surface area contributed by atoms with Gasteiger partial charge in [-0.3, -0.25) is 0 Å². The number of rotatable bonds is 9. The molecule has 0 aliphatic heterocycles. The van der Waals surface area contributed by atoms with Crippen LogP contribution in [0.4, 0.5) is 0 Å². The predicted molar refractivity (Wildman–Crippen MR) is 83.1 cm³/mol. The lowest BCUT2D eigenvalue weighted by Crippen LogP contribution is -2.46. The van der Waals surface area contributed by atoms with E-state index in [-0.39, 0.29) is 17.5 Å². The van der Waals surface area contributed by atoms with Crippen LogP contribution in [0.15, 0.2) is 10.3 Å². The van der Waals surface area contributed by atoms with Crippen LogP contribution >= 0.6 is 0 Å². The maximum atomic E-state index is 8.83. The Hall–Kier alpha value is -1.14. The summed E-state index contributed by atoms with van der Waals surface area (Å²) >= 11 is 0. The van der Waals surface area contributed by atoms with Gasteiger partial charge in [-0.15, -0.1) is 0 Å². The maximum absolute atomic E-state index is 8.83. The van der Waals surface area contributed by atoms with Gasteiger partial charge >= 0.3 is 0 Å². The van der Waals surface area contributed by atoms with E-state index >= 15 is 0 Å². The van der Waals surface area contributed by atoms with Gasteiger partial charge in [0.05, 0.1) is 11.4 Å². The molecule has 0 saturated carbocycles. The van der Waals surface area contributed by atoms with Gasteiger partial charge in [0, 0.05) is 25.2 Å². The average Bonchev–Trinajstić information content (AvgIpc) is 2.43. The number of nitrogens with zero attached hydrogens (tertiary/aromatic N) is 2. The predicted octanol–water partition coefficient (Wildman–Crippen LogP) is 2.06. The molecule has 0 aromatic rings. The first kappa shape index (κ1) is 18.9. The van der Waals surface area contributed by atoms with Crippen molar-refractivity contribution in [1.82, 2.24) is 10.6 Å². The quantitative estimate of drug-likeness (QED) is 0.297. The highest BCUT2D eigenvalue weighted by Crippen LogP contribution is 2.13. The van der Waals surface area contributed by atoms with E-state index in [4.69, 9.17) is 10.4 Å². The lowest BCUT2D eigenvalue weighted by Gasteiger charge is -2.29. The van der Waals surface area contributed by atoms with Crippen LogP contribution in [0.25, 0.3) is 0 Å². The summed E-state index contributed by atoms with van der Waals surface area (Å²) in [6.45, 7) is 13.5. The molecule has 0 fully saturated rings. The highest BCUT2D eigenvalue weighted by Gasteiger charge is 2.21. The third-order valence-corrected chi connectivity index (χ3v) is 3.57. The first-order chi connectivity index (χ1) is 9.27. The third-order valence-electron chi connectivity index (χ3n) is 3.57. The molecule has 0 bridgehead atoms. The van der Waals surface area contributed by atoms with Crippen LogP contribution in [0.1, 0.15) is 48.0 Å². The van der Waals surface area contributed by atoms with E-state index in [1.54, 1.807) is 6.92 Å². The van der Waals surface area contributed by atoms with Gasteiger partial charge in [0.1, 0.15) is 0 Å². The van der Waals surface area contributed by atoms with Gasteiger partial charge in [-0.2, -0.15) is 0 Å². The Morgan fingerprint density at radius 3 is 2.00 bits per heavy atom. The lowest BCUT2D eigenvalue weighted by atomic mass is 9.92. The van der Waals surface area contributed by atoms with Gasteiger partial charge in [-0.1, -0.05) is 31.1 Å². The Bertz CT molecular complexity index is 340. The van der Waals surface area contributed by atoms with Crippen molar-refractivity contribution in [2.24, 2.45) is 15.7 Å². The van der Waals surface area contributed by atoms with Crippen molar-refractivity contribution in [1.29, 1.82) is 0 Å². The minimum Gasteiger partial charge on any atom is -0.411 e. The van der Waals surface area contributed by atoms with E-state index in [2.05, 4.69) is 41.7 Å². The summed E-state index contributed by atoms with van der Waals surface area (Å²) in [5.41, 5.74) is 1.41. The molecule has 0 heterocycles. The van der Waals surface area contributed by atoms with E-state index < -0.39 is 0 Å². The van der Waals surface area contributed by atoms with Crippen LogP contribution < -0.4 is 10.6 Å². The average molecular weight is 286 g/mol. The largest absolute Gasteiger partial charge is 0.411 e. The second kappa shape index (κ2) is 8.92. The topological polar surface area (TPSA) is 89.2 Å². The van der Waals surface area contributed by atoms with Crippen molar-refractivity contribution >= 4 is 11.4 Å². The molecule has 118 valence electrons. The highest BCUT2D eigenvalue weighted by atomic mass is 16.4. The van der Waals surface area contributed by atoms with Crippen LogP contribution in [-0.2, 0) is 0 Å². The van der Waals surface area contributed by atoms with Crippen LogP contribution in [0.5, 0.6) is 0 Å². The van der Waals surface area contributed by atoms with Crippen molar-refractivity contribution in [3.63, 3.8) is 0 Å². The zero-order chi connectivity index (χ0) is 15.8. The summed E-state index contributed by atoms with van der Waals surface area (Å²) in [6, 6.07) is 0.138. The number of oxime groups is 2. The monoisotopic (exact) mass is 286 g/mol. The summed E-state index contributed by atoms with van der Waals surface area (Å²) < 4.78 is 0. The molecule has 0 unspecified atom stereocenters. The van der Waals surface area contributed by atoms with E-state index in [1.165, 1.54) is 0 Å². The molecule has 0 spiro atoms. The van der Waals surface area contributed by atoms with Crippen molar-refractivity contribution in [2.45, 2.75) is 60.0 Å². The Morgan fingerprint density at radius 2 is 1.55 bits per heavy atom. The molecular formula is C14H30N4O2. The Kier molecular flexibility index (Phi) is 8.41. The molecule has 6 heteroatoms. The third kappa shape index (κ3) is 6.86. The van der Waals surface area contributed by atoms with E-state index in [9.17, 15) is 0 Å². The molecule has 0 aromatic carbocycles. The van der Waals surface area contributed by atoms with Crippen LogP contribution in [0.3, 0.4) is 0 Å². The summed E-state index contributed by atoms with van der Waals surface area (Å²) in [6.07, 6.45) is 0.881.